The quantitative estimate of drug-likeness (QED) is 0.756. The summed E-state index contributed by atoms with van der Waals surface area (Å²) in [7, 11) is 1.86. The monoisotopic (exact) mass is 357 g/mol. The molecule has 0 spiro atoms. The molecule has 1 aliphatic rings. The first-order valence-corrected chi connectivity index (χ1v) is 10.4. The summed E-state index contributed by atoms with van der Waals surface area (Å²) in [6.45, 7) is 2.71. The Morgan fingerprint density at radius 2 is 1.67 bits per heavy atom. The number of rotatable bonds is 4. The van der Waals surface area contributed by atoms with Gasteiger partial charge in [0.25, 0.3) is 5.91 Å². The van der Waals surface area contributed by atoms with Gasteiger partial charge in [0.15, 0.2) is 0 Å². The van der Waals surface area contributed by atoms with Crippen LogP contribution in [0, 0.1) is 6.92 Å². The Balaban J connectivity index is 1.64. The summed E-state index contributed by atoms with van der Waals surface area (Å²) >= 11 is 4.01. The van der Waals surface area contributed by atoms with Crippen LogP contribution in [0.5, 0.6) is 0 Å². The zero-order valence-corrected chi connectivity index (χ0v) is 15.8. The Morgan fingerprint density at radius 1 is 1.04 bits per heavy atom. The van der Waals surface area contributed by atoms with Crippen LogP contribution in [0.15, 0.2) is 48.5 Å². The van der Waals surface area contributed by atoms with E-state index in [0.717, 1.165) is 11.1 Å². The van der Waals surface area contributed by atoms with E-state index in [0.29, 0.717) is 11.1 Å². The lowest BCUT2D eigenvalue weighted by molar-refractivity contribution is 0.0785. The second-order valence-electron chi connectivity index (χ2n) is 6.20. The Morgan fingerprint density at radius 3 is 2.29 bits per heavy atom. The van der Waals surface area contributed by atoms with Crippen LogP contribution in [0.25, 0.3) is 0 Å². The van der Waals surface area contributed by atoms with Gasteiger partial charge >= 0.3 is 0 Å². The van der Waals surface area contributed by atoms with Gasteiger partial charge in [-0.1, -0.05) is 42.0 Å². The third-order valence-corrected chi connectivity index (χ3v) is 7.16. The number of carbonyl (C=O) groups excluding carboxylic acids is 1. The average Bonchev–Trinajstić information content (AvgIpc) is 2.64. The molecule has 0 atom stereocenters. The molecule has 3 rings (SSSR count). The molecule has 1 saturated heterocycles. The van der Waals surface area contributed by atoms with Gasteiger partial charge in [0, 0.05) is 19.2 Å². The molecule has 0 radical (unpaired) electrons. The Labute approximate surface area is 153 Å². The molecular formula is C20H23NOS2. The van der Waals surface area contributed by atoms with E-state index >= 15 is 0 Å². The third kappa shape index (κ3) is 4.37. The minimum Gasteiger partial charge on any atom is -0.337 e. The van der Waals surface area contributed by atoms with Gasteiger partial charge in [-0.3, -0.25) is 4.79 Å². The Hall–Kier alpha value is -1.39. The summed E-state index contributed by atoms with van der Waals surface area (Å²) in [6.07, 6.45) is 1.30. The fourth-order valence-electron chi connectivity index (χ4n) is 2.72. The van der Waals surface area contributed by atoms with Gasteiger partial charge in [0.2, 0.25) is 0 Å². The maximum absolute atomic E-state index is 12.6. The number of nitrogens with zero attached hydrogens (tertiary/aromatic N) is 1. The first-order chi connectivity index (χ1) is 11.6. The minimum absolute atomic E-state index is 0.0751. The van der Waals surface area contributed by atoms with Crippen molar-refractivity contribution in [2.45, 2.75) is 24.5 Å². The summed E-state index contributed by atoms with van der Waals surface area (Å²) in [4.78, 5) is 14.4. The number of hydrogen-bond donors (Lipinski definition) is 0. The first-order valence-electron chi connectivity index (χ1n) is 8.27. The van der Waals surface area contributed by atoms with Crippen molar-refractivity contribution in [3.63, 3.8) is 0 Å². The highest BCUT2D eigenvalue weighted by Gasteiger charge is 2.18. The van der Waals surface area contributed by atoms with Gasteiger partial charge in [-0.2, -0.15) is 0 Å². The van der Waals surface area contributed by atoms with E-state index in [-0.39, 0.29) is 5.91 Å². The van der Waals surface area contributed by atoms with Gasteiger partial charge in [-0.15, -0.1) is 23.5 Å². The molecule has 2 aromatic rings. The summed E-state index contributed by atoms with van der Waals surface area (Å²) < 4.78 is 0.521. The zero-order chi connectivity index (χ0) is 16.9. The number of amides is 1. The normalized spacial score (nSPS) is 15.2. The molecule has 24 heavy (non-hydrogen) atoms. The van der Waals surface area contributed by atoms with Gasteiger partial charge in [0.1, 0.15) is 0 Å². The topological polar surface area (TPSA) is 20.3 Å². The van der Waals surface area contributed by atoms with Crippen molar-refractivity contribution in [2.75, 3.05) is 18.6 Å². The van der Waals surface area contributed by atoms with Crippen molar-refractivity contribution in [3.8, 4) is 0 Å². The van der Waals surface area contributed by atoms with Gasteiger partial charge in [-0.25, -0.2) is 0 Å². The standard InChI is InChI=1S/C20H23NOS2/c1-15-4-6-16(7-5-15)14-21(2)19(22)17-8-10-18(11-9-17)20-23-12-3-13-24-20/h4-11,20H,3,12-14H2,1-2H3. The van der Waals surface area contributed by atoms with E-state index in [1.165, 1.54) is 29.1 Å². The zero-order valence-electron chi connectivity index (χ0n) is 14.2. The number of hydrogen-bond acceptors (Lipinski definition) is 3. The molecule has 0 bridgehead atoms. The lowest BCUT2D eigenvalue weighted by Gasteiger charge is -2.22. The summed E-state index contributed by atoms with van der Waals surface area (Å²) in [5, 5.41) is 0. The SMILES string of the molecule is Cc1ccc(CN(C)C(=O)c2ccc(C3SCCCS3)cc2)cc1. The molecule has 1 aliphatic heterocycles. The molecule has 2 nitrogen and oxygen atoms in total. The number of carbonyl (C=O) groups is 1. The molecule has 0 aromatic heterocycles. The van der Waals surface area contributed by atoms with Crippen molar-refractivity contribution in [2.24, 2.45) is 0 Å². The van der Waals surface area contributed by atoms with Crippen molar-refractivity contribution >= 4 is 29.4 Å². The van der Waals surface area contributed by atoms with Crippen LogP contribution in [-0.4, -0.2) is 29.4 Å². The van der Waals surface area contributed by atoms with Crippen molar-refractivity contribution in [1.29, 1.82) is 0 Å². The van der Waals surface area contributed by atoms with Crippen molar-refractivity contribution < 1.29 is 4.79 Å². The van der Waals surface area contributed by atoms with Crippen molar-refractivity contribution in [1.82, 2.24) is 4.90 Å². The Bertz CT molecular complexity index is 676. The molecule has 0 saturated carbocycles. The lowest BCUT2D eigenvalue weighted by Crippen LogP contribution is -2.26. The molecule has 0 aliphatic carbocycles. The van der Waals surface area contributed by atoms with E-state index < -0.39 is 0 Å². The molecule has 0 unspecified atom stereocenters. The van der Waals surface area contributed by atoms with E-state index in [1.807, 2.05) is 42.7 Å². The van der Waals surface area contributed by atoms with Crippen LogP contribution in [0.4, 0.5) is 0 Å². The number of thioether (sulfide) groups is 2. The molecule has 4 heteroatoms. The van der Waals surface area contributed by atoms with E-state index in [1.54, 1.807) is 4.90 Å². The highest BCUT2D eigenvalue weighted by atomic mass is 32.2. The van der Waals surface area contributed by atoms with Gasteiger partial charge in [0.05, 0.1) is 4.58 Å². The highest BCUT2D eigenvalue weighted by molar-refractivity contribution is 8.16. The van der Waals surface area contributed by atoms with Crippen LogP contribution in [0.2, 0.25) is 0 Å². The van der Waals surface area contributed by atoms with Crippen LogP contribution in [0.3, 0.4) is 0 Å². The fraction of sp³-hybridized carbons (Fsp3) is 0.350. The maximum atomic E-state index is 12.6. The number of aryl methyl sites for hydroxylation is 1. The highest BCUT2D eigenvalue weighted by Crippen LogP contribution is 2.43. The molecule has 1 amide bonds. The molecule has 0 N–H and O–H groups in total. The Kier molecular flexibility index (Phi) is 5.90. The van der Waals surface area contributed by atoms with Crippen molar-refractivity contribution in [3.05, 3.63) is 70.8 Å². The van der Waals surface area contributed by atoms with E-state index in [4.69, 9.17) is 0 Å². The third-order valence-electron chi connectivity index (χ3n) is 4.14. The molecular weight excluding hydrogens is 334 g/mol. The second-order valence-corrected chi connectivity index (χ2v) is 8.92. The van der Waals surface area contributed by atoms with Gasteiger partial charge < -0.3 is 4.90 Å². The molecule has 1 heterocycles. The largest absolute Gasteiger partial charge is 0.337 e. The van der Waals surface area contributed by atoms with E-state index in [2.05, 4.69) is 43.3 Å². The van der Waals surface area contributed by atoms with E-state index in [9.17, 15) is 4.79 Å². The summed E-state index contributed by atoms with van der Waals surface area (Å²) in [6, 6.07) is 16.5. The number of benzene rings is 2. The fourth-order valence-corrected chi connectivity index (χ4v) is 5.62. The average molecular weight is 358 g/mol. The molecule has 126 valence electrons. The minimum atomic E-state index is 0.0751. The summed E-state index contributed by atoms with van der Waals surface area (Å²) in [5.74, 6) is 2.54. The summed E-state index contributed by atoms with van der Waals surface area (Å²) in [5.41, 5.74) is 4.48. The predicted octanol–water partition coefficient (Wildman–Crippen LogP) is 5.14. The smallest absolute Gasteiger partial charge is 0.253 e. The van der Waals surface area contributed by atoms with Crippen LogP contribution in [-0.2, 0) is 6.54 Å². The van der Waals surface area contributed by atoms with Crippen LogP contribution >= 0.6 is 23.5 Å². The van der Waals surface area contributed by atoms with Crippen LogP contribution < -0.4 is 0 Å². The van der Waals surface area contributed by atoms with Crippen LogP contribution in [0.1, 0.15) is 38.1 Å². The molecule has 2 aromatic carbocycles. The first kappa shape index (κ1) is 17.4. The molecule has 1 fully saturated rings. The van der Waals surface area contributed by atoms with Gasteiger partial charge in [-0.05, 0) is 48.1 Å². The maximum Gasteiger partial charge on any atom is 0.253 e. The predicted molar refractivity (Wildman–Crippen MR) is 106 cm³/mol. The second kappa shape index (κ2) is 8.13. The lowest BCUT2D eigenvalue weighted by atomic mass is 10.1.